The maximum atomic E-state index is 15.2. The standard InChI is InChI=1S/C32H33ClF3NO/c1-2-3-4-5-6-17-38-27-15-14-26(37-21-27)13-8-22-9-16-28-25(18-22)12-11-24(32(28)36)10-7-23-19-29(34)31(33)30(35)20-23/h9,11-12,14-16,18-21H,2-8,10,13,17H2,1H3. The zero-order valence-corrected chi connectivity index (χ0v) is 22.5. The highest BCUT2D eigenvalue weighted by Crippen LogP contribution is 2.26. The maximum absolute atomic E-state index is 15.2. The smallest absolute Gasteiger partial charge is 0.145 e. The first-order chi connectivity index (χ1) is 18.4. The summed E-state index contributed by atoms with van der Waals surface area (Å²) in [5.74, 6) is -1.11. The van der Waals surface area contributed by atoms with Crippen LogP contribution in [0.15, 0.2) is 60.8 Å². The molecule has 0 aliphatic heterocycles. The molecular formula is C32H33ClF3NO. The summed E-state index contributed by atoms with van der Waals surface area (Å²) in [5.41, 5.74) is 3.03. The van der Waals surface area contributed by atoms with Gasteiger partial charge >= 0.3 is 0 Å². The summed E-state index contributed by atoms with van der Waals surface area (Å²) < 4.78 is 48.4. The lowest BCUT2D eigenvalue weighted by atomic mass is 9.98. The number of halogens is 4. The third kappa shape index (κ3) is 7.50. The highest BCUT2D eigenvalue weighted by Gasteiger charge is 2.12. The molecule has 4 rings (SSSR count). The first kappa shape index (κ1) is 28.0. The minimum atomic E-state index is -0.805. The van der Waals surface area contributed by atoms with Crippen molar-refractivity contribution >= 4 is 22.4 Å². The van der Waals surface area contributed by atoms with E-state index in [4.69, 9.17) is 16.3 Å². The second kappa shape index (κ2) is 13.7. The molecule has 0 N–H and O–H groups in total. The zero-order valence-electron chi connectivity index (χ0n) is 21.7. The molecule has 0 bridgehead atoms. The quantitative estimate of drug-likeness (QED) is 0.125. The van der Waals surface area contributed by atoms with Gasteiger partial charge < -0.3 is 4.74 Å². The number of ether oxygens (including phenoxy) is 1. The van der Waals surface area contributed by atoms with Crippen LogP contribution in [-0.2, 0) is 25.7 Å². The molecule has 200 valence electrons. The molecule has 0 atom stereocenters. The first-order valence-corrected chi connectivity index (χ1v) is 13.7. The van der Waals surface area contributed by atoms with Gasteiger partial charge in [0.2, 0.25) is 0 Å². The molecule has 0 radical (unpaired) electrons. The van der Waals surface area contributed by atoms with E-state index in [-0.39, 0.29) is 5.82 Å². The van der Waals surface area contributed by atoms with Crippen LogP contribution in [0.1, 0.15) is 61.4 Å². The highest BCUT2D eigenvalue weighted by molar-refractivity contribution is 6.30. The van der Waals surface area contributed by atoms with Crippen molar-refractivity contribution in [3.63, 3.8) is 0 Å². The predicted molar refractivity (Wildman–Crippen MR) is 149 cm³/mol. The van der Waals surface area contributed by atoms with Gasteiger partial charge in [0, 0.05) is 11.1 Å². The van der Waals surface area contributed by atoms with Gasteiger partial charge in [0.15, 0.2) is 0 Å². The second-order valence-electron chi connectivity index (χ2n) is 9.72. The minimum Gasteiger partial charge on any atom is -0.492 e. The number of hydrogen-bond donors (Lipinski definition) is 0. The third-order valence-corrected chi connectivity index (χ3v) is 7.17. The van der Waals surface area contributed by atoms with Crippen LogP contribution < -0.4 is 4.74 Å². The lowest BCUT2D eigenvalue weighted by Crippen LogP contribution is -2.00. The topological polar surface area (TPSA) is 22.1 Å². The van der Waals surface area contributed by atoms with Gasteiger partial charge in [-0.2, -0.15) is 0 Å². The molecule has 4 aromatic rings. The van der Waals surface area contributed by atoms with Gasteiger partial charge in [-0.05, 0) is 78.4 Å². The Labute approximate surface area is 227 Å². The molecule has 0 saturated carbocycles. The fraction of sp³-hybridized carbons (Fsp3) is 0.344. The third-order valence-electron chi connectivity index (χ3n) is 6.81. The van der Waals surface area contributed by atoms with E-state index in [0.717, 1.165) is 48.3 Å². The number of benzene rings is 3. The molecular weight excluding hydrogens is 507 g/mol. The minimum absolute atomic E-state index is 0.299. The van der Waals surface area contributed by atoms with E-state index < -0.39 is 16.7 Å². The van der Waals surface area contributed by atoms with Crippen molar-refractivity contribution in [2.75, 3.05) is 6.61 Å². The Morgan fingerprint density at radius 2 is 1.53 bits per heavy atom. The van der Waals surface area contributed by atoms with Crippen LogP contribution in [0.2, 0.25) is 5.02 Å². The first-order valence-electron chi connectivity index (χ1n) is 13.4. The van der Waals surface area contributed by atoms with Crippen LogP contribution in [0.5, 0.6) is 5.75 Å². The van der Waals surface area contributed by atoms with E-state index in [1.165, 1.54) is 37.8 Å². The van der Waals surface area contributed by atoms with Crippen LogP contribution in [0.4, 0.5) is 13.2 Å². The summed E-state index contributed by atoms with van der Waals surface area (Å²) >= 11 is 5.55. The van der Waals surface area contributed by atoms with E-state index in [1.54, 1.807) is 18.3 Å². The average molecular weight is 540 g/mol. The van der Waals surface area contributed by atoms with Gasteiger partial charge in [-0.25, -0.2) is 13.2 Å². The molecule has 0 fully saturated rings. The van der Waals surface area contributed by atoms with Crippen molar-refractivity contribution in [3.8, 4) is 5.75 Å². The Hall–Kier alpha value is -3.05. The Morgan fingerprint density at radius 1 is 0.763 bits per heavy atom. The number of unbranched alkanes of at least 4 members (excludes halogenated alkanes) is 4. The number of fused-ring (bicyclic) bond motifs is 1. The van der Waals surface area contributed by atoms with Crippen LogP contribution in [-0.4, -0.2) is 11.6 Å². The van der Waals surface area contributed by atoms with Gasteiger partial charge in [0.25, 0.3) is 0 Å². The lowest BCUT2D eigenvalue weighted by Gasteiger charge is -2.10. The zero-order chi connectivity index (χ0) is 26.9. The molecule has 38 heavy (non-hydrogen) atoms. The average Bonchev–Trinajstić information content (AvgIpc) is 2.92. The normalized spacial score (nSPS) is 11.3. The Balaban J connectivity index is 1.31. The van der Waals surface area contributed by atoms with E-state index in [0.29, 0.717) is 29.4 Å². The molecule has 6 heteroatoms. The fourth-order valence-electron chi connectivity index (χ4n) is 4.58. The molecule has 0 spiro atoms. The number of aryl methyl sites for hydroxylation is 4. The van der Waals surface area contributed by atoms with Gasteiger partial charge in [0.05, 0.1) is 12.8 Å². The van der Waals surface area contributed by atoms with Gasteiger partial charge in [-0.1, -0.05) is 74.5 Å². The van der Waals surface area contributed by atoms with Crippen molar-refractivity contribution in [2.24, 2.45) is 0 Å². The maximum Gasteiger partial charge on any atom is 0.145 e. The van der Waals surface area contributed by atoms with Crippen LogP contribution in [0.25, 0.3) is 10.8 Å². The molecule has 1 aromatic heterocycles. The SMILES string of the molecule is CCCCCCCOc1ccc(CCc2ccc3c(F)c(CCc4cc(F)c(Cl)c(F)c4)ccc3c2)nc1. The summed E-state index contributed by atoms with van der Waals surface area (Å²) in [7, 11) is 0. The number of hydrogen-bond acceptors (Lipinski definition) is 2. The van der Waals surface area contributed by atoms with Crippen LogP contribution >= 0.6 is 11.6 Å². The number of pyridine rings is 1. The molecule has 3 aromatic carbocycles. The molecule has 0 aliphatic carbocycles. The van der Waals surface area contributed by atoms with Crippen molar-refractivity contribution in [1.29, 1.82) is 0 Å². The molecule has 0 aliphatic rings. The number of nitrogens with zero attached hydrogens (tertiary/aromatic N) is 1. The molecule has 0 amide bonds. The largest absolute Gasteiger partial charge is 0.492 e. The van der Waals surface area contributed by atoms with Gasteiger partial charge in [-0.15, -0.1) is 0 Å². The van der Waals surface area contributed by atoms with Crippen LogP contribution in [0, 0.1) is 17.5 Å². The predicted octanol–water partition coefficient (Wildman–Crippen LogP) is 9.23. The molecule has 0 saturated heterocycles. The lowest BCUT2D eigenvalue weighted by molar-refractivity contribution is 0.303. The summed E-state index contributed by atoms with van der Waals surface area (Å²) in [6.45, 7) is 2.93. The highest BCUT2D eigenvalue weighted by atomic mass is 35.5. The van der Waals surface area contributed by atoms with E-state index >= 15 is 4.39 Å². The monoisotopic (exact) mass is 539 g/mol. The summed E-state index contributed by atoms with van der Waals surface area (Å²) in [6, 6.07) is 15.7. The Morgan fingerprint density at radius 3 is 2.26 bits per heavy atom. The molecule has 0 unspecified atom stereocenters. The number of aromatic nitrogens is 1. The van der Waals surface area contributed by atoms with Gasteiger partial charge in [-0.3, -0.25) is 4.98 Å². The Kier molecular flexibility index (Phi) is 10.1. The second-order valence-corrected chi connectivity index (χ2v) is 10.1. The summed E-state index contributed by atoms with van der Waals surface area (Å²) in [5, 5.41) is 0.837. The van der Waals surface area contributed by atoms with E-state index in [9.17, 15) is 8.78 Å². The Bertz CT molecular complexity index is 1330. The summed E-state index contributed by atoms with van der Waals surface area (Å²) in [4.78, 5) is 4.53. The van der Waals surface area contributed by atoms with Crippen molar-refractivity contribution in [1.82, 2.24) is 4.98 Å². The van der Waals surface area contributed by atoms with Crippen molar-refractivity contribution in [2.45, 2.75) is 64.7 Å². The van der Waals surface area contributed by atoms with Gasteiger partial charge in [0.1, 0.15) is 28.2 Å². The van der Waals surface area contributed by atoms with Crippen LogP contribution in [0.3, 0.4) is 0 Å². The fourth-order valence-corrected chi connectivity index (χ4v) is 4.69. The number of rotatable bonds is 13. The van der Waals surface area contributed by atoms with Crippen molar-refractivity contribution in [3.05, 3.63) is 106 Å². The van der Waals surface area contributed by atoms with Crippen molar-refractivity contribution < 1.29 is 17.9 Å². The molecule has 1 heterocycles. The molecule has 2 nitrogen and oxygen atoms in total. The van der Waals surface area contributed by atoms with E-state index in [2.05, 4.69) is 11.9 Å². The summed E-state index contributed by atoms with van der Waals surface area (Å²) in [6.07, 6.45) is 10.0. The van der Waals surface area contributed by atoms with E-state index in [1.807, 2.05) is 30.3 Å².